The molecule has 0 bridgehead atoms. The van der Waals surface area contributed by atoms with Gasteiger partial charge in [0.05, 0.1) is 4.90 Å². The van der Waals surface area contributed by atoms with E-state index < -0.39 is 10.0 Å². The molecule has 178 valence electrons. The fourth-order valence-electron chi connectivity index (χ4n) is 4.87. The number of carbonyl (C=O) groups excluding carboxylic acids is 1. The summed E-state index contributed by atoms with van der Waals surface area (Å²) in [5, 5.41) is 2.93. The van der Waals surface area contributed by atoms with Gasteiger partial charge in [0.2, 0.25) is 10.0 Å². The zero-order valence-electron chi connectivity index (χ0n) is 19.4. The van der Waals surface area contributed by atoms with E-state index >= 15 is 0 Å². The molecule has 2 aromatic rings. The van der Waals surface area contributed by atoms with Crippen LogP contribution >= 0.6 is 0 Å². The third kappa shape index (κ3) is 6.15. The molecule has 4 rings (SSSR count). The SMILES string of the molecule is CC1CCCN(S(=O)(=O)c2ccc(NC(=O)N3CCC(CCc4ccccc4)CC3)cc2)C1. The fourth-order valence-corrected chi connectivity index (χ4v) is 6.46. The number of likely N-dealkylation sites (tertiary alicyclic amines) is 1. The molecule has 0 spiro atoms. The zero-order chi connectivity index (χ0) is 23.3. The van der Waals surface area contributed by atoms with Crippen LogP contribution < -0.4 is 5.32 Å². The number of benzene rings is 2. The summed E-state index contributed by atoms with van der Waals surface area (Å²) in [7, 11) is -3.48. The molecule has 6 nitrogen and oxygen atoms in total. The van der Waals surface area contributed by atoms with Crippen molar-refractivity contribution in [1.82, 2.24) is 9.21 Å². The van der Waals surface area contributed by atoms with Crippen LogP contribution in [0.1, 0.15) is 44.6 Å². The first-order valence-corrected chi connectivity index (χ1v) is 13.6. The van der Waals surface area contributed by atoms with Gasteiger partial charge < -0.3 is 10.2 Å². The average molecular weight is 470 g/mol. The third-order valence-electron chi connectivity index (χ3n) is 6.95. The lowest BCUT2D eigenvalue weighted by molar-refractivity contribution is 0.180. The Labute approximate surface area is 198 Å². The number of hydrogen-bond acceptors (Lipinski definition) is 3. The van der Waals surface area contributed by atoms with Crippen molar-refractivity contribution in [2.75, 3.05) is 31.5 Å². The van der Waals surface area contributed by atoms with E-state index in [0.29, 0.717) is 30.6 Å². The van der Waals surface area contributed by atoms with Crippen molar-refractivity contribution in [3.05, 3.63) is 60.2 Å². The number of nitrogens with one attached hydrogen (secondary N) is 1. The van der Waals surface area contributed by atoms with Gasteiger partial charge in [0, 0.05) is 31.9 Å². The van der Waals surface area contributed by atoms with Crippen LogP contribution in [0.3, 0.4) is 0 Å². The normalized spacial score (nSPS) is 20.5. The summed E-state index contributed by atoms with van der Waals surface area (Å²) in [6.07, 6.45) is 6.25. The third-order valence-corrected chi connectivity index (χ3v) is 8.83. The number of urea groups is 1. The van der Waals surface area contributed by atoms with E-state index in [0.717, 1.165) is 51.6 Å². The molecule has 0 aromatic heterocycles. The van der Waals surface area contributed by atoms with Crippen molar-refractivity contribution in [1.29, 1.82) is 0 Å². The van der Waals surface area contributed by atoms with Gasteiger partial charge in [0.1, 0.15) is 0 Å². The van der Waals surface area contributed by atoms with Gasteiger partial charge in [-0.1, -0.05) is 37.3 Å². The van der Waals surface area contributed by atoms with Gasteiger partial charge in [0.25, 0.3) is 0 Å². The summed E-state index contributed by atoms with van der Waals surface area (Å²) in [5.41, 5.74) is 2.00. The van der Waals surface area contributed by atoms with E-state index in [4.69, 9.17) is 0 Å². The first-order valence-electron chi connectivity index (χ1n) is 12.1. The second-order valence-corrected chi connectivity index (χ2v) is 11.5. The van der Waals surface area contributed by atoms with E-state index in [1.807, 2.05) is 11.0 Å². The number of hydrogen-bond donors (Lipinski definition) is 1. The molecular formula is C26H35N3O3S. The maximum atomic E-state index is 12.9. The average Bonchev–Trinajstić information content (AvgIpc) is 2.84. The molecule has 2 aliphatic rings. The standard InChI is InChI=1S/C26H35N3O3S/c1-21-6-5-17-29(20-21)33(31,32)25-13-11-24(12-14-25)27-26(30)28-18-15-23(16-19-28)10-9-22-7-3-2-4-8-22/h2-4,7-8,11-14,21,23H,5-6,9-10,15-20H2,1H3,(H,27,30). The molecule has 2 heterocycles. The lowest BCUT2D eigenvalue weighted by atomic mass is 9.90. The van der Waals surface area contributed by atoms with Crippen molar-refractivity contribution in [3.63, 3.8) is 0 Å². The number of carbonyl (C=O) groups is 1. The lowest BCUT2D eigenvalue weighted by Gasteiger charge is -2.32. The molecule has 2 fully saturated rings. The van der Waals surface area contributed by atoms with Crippen molar-refractivity contribution in [2.45, 2.75) is 50.3 Å². The van der Waals surface area contributed by atoms with Crippen molar-refractivity contribution in [3.8, 4) is 0 Å². The highest BCUT2D eigenvalue weighted by molar-refractivity contribution is 7.89. The molecule has 1 unspecified atom stereocenters. The number of anilines is 1. The molecule has 2 amide bonds. The quantitative estimate of drug-likeness (QED) is 0.648. The van der Waals surface area contributed by atoms with Crippen LogP contribution in [0.25, 0.3) is 0 Å². The Morgan fingerprint density at radius 3 is 2.33 bits per heavy atom. The summed E-state index contributed by atoms with van der Waals surface area (Å²) >= 11 is 0. The first-order chi connectivity index (χ1) is 15.9. The van der Waals surface area contributed by atoms with Crippen LogP contribution in [0, 0.1) is 11.8 Å². The van der Waals surface area contributed by atoms with E-state index in [9.17, 15) is 13.2 Å². The van der Waals surface area contributed by atoms with Gasteiger partial charge in [-0.3, -0.25) is 0 Å². The Kier molecular flexibility index (Phi) is 7.71. The number of sulfonamides is 1. The summed E-state index contributed by atoms with van der Waals surface area (Å²) in [6.45, 7) is 4.75. The molecule has 2 saturated heterocycles. The monoisotopic (exact) mass is 469 g/mol. The first kappa shape index (κ1) is 23.8. The minimum atomic E-state index is -3.48. The van der Waals surface area contributed by atoms with Gasteiger partial charge >= 0.3 is 6.03 Å². The molecule has 7 heteroatoms. The summed E-state index contributed by atoms with van der Waals surface area (Å²) in [6, 6.07) is 17.0. The second kappa shape index (κ2) is 10.7. The largest absolute Gasteiger partial charge is 0.325 e. The van der Waals surface area contributed by atoms with Gasteiger partial charge in [-0.2, -0.15) is 4.31 Å². The minimum Gasteiger partial charge on any atom is -0.325 e. The van der Waals surface area contributed by atoms with Crippen molar-refractivity contribution in [2.24, 2.45) is 11.8 Å². The van der Waals surface area contributed by atoms with Crippen LogP contribution in [0.2, 0.25) is 0 Å². The molecule has 0 aliphatic carbocycles. The number of aryl methyl sites for hydroxylation is 1. The van der Waals surface area contributed by atoms with Gasteiger partial charge in [-0.15, -0.1) is 0 Å². The molecular weight excluding hydrogens is 434 g/mol. The second-order valence-electron chi connectivity index (χ2n) is 9.52. The minimum absolute atomic E-state index is 0.114. The molecule has 33 heavy (non-hydrogen) atoms. The van der Waals surface area contributed by atoms with E-state index in [1.165, 1.54) is 5.56 Å². The van der Waals surface area contributed by atoms with Crippen LogP contribution in [0.5, 0.6) is 0 Å². The number of amides is 2. The molecule has 0 radical (unpaired) electrons. The van der Waals surface area contributed by atoms with Gasteiger partial charge in [0.15, 0.2) is 0 Å². The zero-order valence-corrected chi connectivity index (χ0v) is 20.3. The maximum Gasteiger partial charge on any atom is 0.321 e. The van der Waals surface area contributed by atoms with E-state index in [1.54, 1.807) is 28.6 Å². The maximum absolute atomic E-state index is 12.9. The predicted octanol–water partition coefficient (Wildman–Crippen LogP) is 4.98. The van der Waals surface area contributed by atoms with Gasteiger partial charge in [-0.05, 0) is 80.2 Å². The molecule has 2 aliphatic heterocycles. The van der Waals surface area contributed by atoms with E-state index in [-0.39, 0.29) is 10.9 Å². The predicted molar refractivity (Wildman–Crippen MR) is 132 cm³/mol. The molecule has 2 aromatic carbocycles. The van der Waals surface area contributed by atoms with Crippen LogP contribution in [0.4, 0.5) is 10.5 Å². The van der Waals surface area contributed by atoms with Crippen LogP contribution in [-0.2, 0) is 16.4 Å². The van der Waals surface area contributed by atoms with Crippen LogP contribution in [0.15, 0.2) is 59.5 Å². The Bertz CT molecular complexity index is 1020. The number of nitrogens with zero attached hydrogens (tertiary/aromatic N) is 2. The Balaban J connectivity index is 1.26. The summed E-state index contributed by atoms with van der Waals surface area (Å²) < 4.78 is 27.4. The van der Waals surface area contributed by atoms with Crippen molar-refractivity contribution >= 4 is 21.7 Å². The Hall–Kier alpha value is -2.38. The Morgan fingerprint density at radius 1 is 0.970 bits per heavy atom. The molecule has 1 atom stereocenters. The molecule has 1 N–H and O–H groups in total. The number of rotatable bonds is 6. The van der Waals surface area contributed by atoms with Gasteiger partial charge in [-0.25, -0.2) is 13.2 Å². The fraction of sp³-hybridized carbons (Fsp3) is 0.500. The highest BCUT2D eigenvalue weighted by Crippen LogP contribution is 2.25. The Morgan fingerprint density at radius 2 is 1.67 bits per heavy atom. The van der Waals surface area contributed by atoms with E-state index in [2.05, 4.69) is 36.5 Å². The van der Waals surface area contributed by atoms with Crippen molar-refractivity contribution < 1.29 is 13.2 Å². The number of piperidine rings is 2. The lowest BCUT2D eigenvalue weighted by Crippen LogP contribution is -2.41. The topological polar surface area (TPSA) is 69.7 Å². The highest BCUT2D eigenvalue weighted by atomic mass is 32.2. The smallest absolute Gasteiger partial charge is 0.321 e. The highest BCUT2D eigenvalue weighted by Gasteiger charge is 2.28. The molecule has 0 saturated carbocycles. The summed E-state index contributed by atoms with van der Waals surface area (Å²) in [4.78, 5) is 14.9. The summed E-state index contributed by atoms with van der Waals surface area (Å²) in [5.74, 6) is 1.03. The van der Waals surface area contributed by atoms with Crippen LogP contribution in [-0.4, -0.2) is 49.8 Å².